The van der Waals surface area contributed by atoms with Gasteiger partial charge in [0.05, 0.1) is 0 Å². The summed E-state index contributed by atoms with van der Waals surface area (Å²) in [7, 11) is 0. The van der Waals surface area contributed by atoms with Crippen LogP contribution in [0.2, 0.25) is 0 Å². The Labute approximate surface area is 62.9 Å². The predicted octanol–water partition coefficient (Wildman–Crippen LogP) is 2.37. The van der Waals surface area contributed by atoms with Gasteiger partial charge in [0.2, 0.25) is 0 Å². The maximum atomic E-state index is 5.62. The number of allylic oxidation sites excluding steroid dienone is 4. The lowest BCUT2D eigenvalue weighted by Gasteiger charge is -1.94. The van der Waals surface area contributed by atoms with Gasteiger partial charge in [0.1, 0.15) is 0 Å². The monoisotopic (exact) mass is 137 g/mol. The standard InChI is InChI=1S/C9H15N/c1-7(2)5-6-9(10)8(3)4/h5-6H,1,10H2,2-4H3/b6-5-. The molecule has 0 aliphatic carbocycles. The molecule has 0 aliphatic rings. The van der Waals surface area contributed by atoms with Crippen LogP contribution in [0.15, 0.2) is 35.6 Å². The van der Waals surface area contributed by atoms with Crippen molar-refractivity contribution in [2.24, 2.45) is 5.73 Å². The molecule has 1 nitrogen and oxygen atoms in total. The molecule has 56 valence electrons. The number of hydrogen-bond acceptors (Lipinski definition) is 1. The molecule has 2 N–H and O–H groups in total. The lowest BCUT2D eigenvalue weighted by atomic mass is 10.2. The summed E-state index contributed by atoms with van der Waals surface area (Å²) in [4.78, 5) is 0. The van der Waals surface area contributed by atoms with Crippen LogP contribution in [0.1, 0.15) is 20.8 Å². The summed E-state index contributed by atoms with van der Waals surface area (Å²) in [6.07, 6.45) is 3.78. The third kappa shape index (κ3) is 3.96. The van der Waals surface area contributed by atoms with Gasteiger partial charge in [0.25, 0.3) is 0 Å². The van der Waals surface area contributed by atoms with Crippen molar-refractivity contribution in [3.05, 3.63) is 35.6 Å². The van der Waals surface area contributed by atoms with Gasteiger partial charge in [-0.25, -0.2) is 0 Å². The minimum absolute atomic E-state index is 0.822. The molecule has 1 heteroatoms. The van der Waals surface area contributed by atoms with Crippen LogP contribution in [0, 0.1) is 0 Å². The van der Waals surface area contributed by atoms with E-state index in [2.05, 4.69) is 6.58 Å². The van der Waals surface area contributed by atoms with Crippen molar-refractivity contribution in [1.82, 2.24) is 0 Å². The molecule has 0 aliphatic heterocycles. The van der Waals surface area contributed by atoms with Crippen LogP contribution < -0.4 is 5.73 Å². The van der Waals surface area contributed by atoms with Crippen molar-refractivity contribution < 1.29 is 0 Å². The molecule has 0 atom stereocenters. The maximum Gasteiger partial charge on any atom is 0.0300 e. The number of rotatable bonds is 2. The molecular formula is C9H15N. The Kier molecular flexibility index (Phi) is 3.55. The minimum atomic E-state index is 0.822. The average molecular weight is 137 g/mol. The van der Waals surface area contributed by atoms with Crippen LogP contribution in [0.5, 0.6) is 0 Å². The van der Waals surface area contributed by atoms with E-state index in [1.807, 2.05) is 32.9 Å². The van der Waals surface area contributed by atoms with Gasteiger partial charge in [-0.05, 0) is 26.8 Å². The van der Waals surface area contributed by atoms with Gasteiger partial charge >= 0.3 is 0 Å². The molecular weight excluding hydrogens is 122 g/mol. The summed E-state index contributed by atoms with van der Waals surface area (Å²) in [5.41, 5.74) is 8.59. The molecule has 0 aromatic heterocycles. The first-order valence-electron chi connectivity index (χ1n) is 3.30. The molecule has 0 fully saturated rings. The zero-order valence-corrected chi connectivity index (χ0v) is 6.94. The highest BCUT2D eigenvalue weighted by Gasteiger charge is 1.84. The van der Waals surface area contributed by atoms with Gasteiger partial charge in [0.15, 0.2) is 0 Å². The fraction of sp³-hybridized carbons (Fsp3) is 0.333. The largest absolute Gasteiger partial charge is 0.399 e. The second-order valence-corrected chi connectivity index (χ2v) is 2.64. The molecule has 0 aromatic carbocycles. The lowest BCUT2D eigenvalue weighted by Crippen LogP contribution is -1.94. The van der Waals surface area contributed by atoms with E-state index in [0.717, 1.165) is 16.8 Å². The lowest BCUT2D eigenvalue weighted by molar-refractivity contribution is 1.25. The highest BCUT2D eigenvalue weighted by molar-refractivity contribution is 5.25. The zero-order chi connectivity index (χ0) is 8.15. The van der Waals surface area contributed by atoms with Gasteiger partial charge in [0, 0.05) is 5.70 Å². The summed E-state index contributed by atoms with van der Waals surface area (Å²) in [5, 5.41) is 0. The highest BCUT2D eigenvalue weighted by atomic mass is 14.6. The van der Waals surface area contributed by atoms with Gasteiger partial charge in [-0.1, -0.05) is 23.8 Å². The van der Waals surface area contributed by atoms with Crippen molar-refractivity contribution in [2.75, 3.05) is 0 Å². The zero-order valence-electron chi connectivity index (χ0n) is 6.94. The van der Waals surface area contributed by atoms with Crippen LogP contribution in [-0.2, 0) is 0 Å². The summed E-state index contributed by atoms with van der Waals surface area (Å²) in [6.45, 7) is 9.63. The Bertz CT molecular complexity index is 181. The Hall–Kier alpha value is -0.980. The van der Waals surface area contributed by atoms with Crippen molar-refractivity contribution in [3.63, 3.8) is 0 Å². The van der Waals surface area contributed by atoms with E-state index in [1.54, 1.807) is 0 Å². The molecule has 0 radical (unpaired) electrons. The van der Waals surface area contributed by atoms with E-state index >= 15 is 0 Å². The third-order valence-electron chi connectivity index (χ3n) is 1.12. The van der Waals surface area contributed by atoms with Crippen molar-refractivity contribution in [1.29, 1.82) is 0 Å². The van der Waals surface area contributed by atoms with Crippen molar-refractivity contribution in [3.8, 4) is 0 Å². The first-order valence-corrected chi connectivity index (χ1v) is 3.30. The van der Waals surface area contributed by atoms with E-state index < -0.39 is 0 Å². The summed E-state index contributed by atoms with van der Waals surface area (Å²) in [5.74, 6) is 0. The molecule has 0 amide bonds. The molecule has 0 saturated heterocycles. The molecule has 0 heterocycles. The second-order valence-electron chi connectivity index (χ2n) is 2.64. The topological polar surface area (TPSA) is 26.0 Å². The van der Waals surface area contributed by atoms with Crippen LogP contribution in [0.3, 0.4) is 0 Å². The van der Waals surface area contributed by atoms with E-state index in [-0.39, 0.29) is 0 Å². The SMILES string of the molecule is C=C(C)/C=C\C(N)=C(C)C. The summed E-state index contributed by atoms with van der Waals surface area (Å²) in [6, 6.07) is 0. The van der Waals surface area contributed by atoms with Gasteiger partial charge < -0.3 is 5.73 Å². The van der Waals surface area contributed by atoms with Crippen molar-refractivity contribution >= 4 is 0 Å². The Balaban J connectivity index is 4.16. The highest BCUT2D eigenvalue weighted by Crippen LogP contribution is 1.99. The van der Waals surface area contributed by atoms with Crippen LogP contribution in [-0.4, -0.2) is 0 Å². The van der Waals surface area contributed by atoms with E-state index in [1.165, 1.54) is 0 Å². The molecule has 0 bridgehead atoms. The average Bonchev–Trinajstić information content (AvgIpc) is 1.82. The van der Waals surface area contributed by atoms with Crippen LogP contribution in [0.4, 0.5) is 0 Å². The Morgan fingerprint density at radius 1 is 1.20 bits per heavy atom. The van der Waals surface area contributed by atoms with Crippen LogP contribution in [0.25, 0.3) is 0 Å². The van der Waals surface area contributed by atoms with E-state index in [4.69, 9.17) is 5.73 Å². The fourth-order valence-electron chi connectivity index (χ4n) is 0.399. The first-order chi connectivity index (χ1) is 4.54. The molecule has 0 spiro atoms. The molecule has 0 rings (SSSR count). The van der Waals surface area contributed by atoms with E-state index in [9.17, 15) is 0 Å². The second kappa shape index (κ2) is 3.94. The summed E-state index contributed by atoms with van der Waals surface area (Å²) >= 11 is 0. The van der Waals surface area contributed by atoms with Gasteiger partial charge in [-0.15, -0.1) is 0 Å². The third-order valence-corrected chi connectivity index (χ3v) is 1.12. The van der Waals surface area contributed by atoms with Gasteiger partial charge in [-0.3, -0.25) is 0 Å². The summed E-state index contributed by atoms with van der Waals surface area (Å²) < 4.78 is 0. The minimum Gasteiger partial charge on any atom is -0.399 e. The normalized spacial score (nSPS) is 9.90. The first kappa shape index (κ1) is 9.02. The number of hydrogen-bond donors (Lipinski definition) is 1. The quantitative estimate of drug-likeness (QED) is 0.581. The molecule has 0 unspecified atom stereocenters. The van der Waals surface area contributed by atoms with Crippen LogP contribution >= 0.6 is 0 Å². The predicted molar refractivity (Wildman–Crippen MR) is 46.5 cm³/mol. The Morgan fingerprint density at radius 2 is 1.70 bits per heavy atom. The Morgan fingerprint density at radius 3 is 2.00 bits per heavy atom. The number of nitrogens with two attached hydrogens (primary N) is 1. The van der Waals surface area contributed by atoms with Gasteiger partial charge in [-0.2, -0.15) is 0 Å². The van der Waals surface area contributed by atoms with Crippen molar-refractivity contribution in [2.45, 2.75) is 20.8 Å². The smallest absolute Gasteiger partial charge is 0.0300 e. The molecule has 10 heavy (non-hydrogen) atoms. The molecule has 0 aromatic rings. The van der Waals surface area contributed by atoms with E-state index in [0.29, 0.717) is 0 Å². The molecule has 0 saturated carbocycles. The fourth-order valence-corrected chi connectivity index (χ4v) is 0.399. The maximum absolute atomic E-state index is 5.62.